The molecular weight excluding hydrogens is 378 g/mol. The lowest BCUT2D eigenvalue weighted by molar-refractivity contribution is -0.917. The molecule has 0 spiro atoms. The Hall–Kier alpha value is -2.26. The molecule has 1 aliphatic rings. The van der Waals surface area contributed by atoms with Gasteiger partial charge in [0.05, 0.1) is 38.2 Å². The summed E-state index contributed by atoms with van der Waals surface area (Å²) in [6.07, 6.45) is 0. The maximum atomic E-state index is 12.9. The van der Waals surface area contributed by atoms with Crippen LogP contribution in [0.4, 0.5) is 0 Å². The molecule has 0 unspecified atom stereocenters. The molecule has 1 saturated heterocycles. The van der Waals surface area contributed by atoms with Gasteiger partial charge in [0.15, 0.2) is 0 Å². The van der Waals surface area contributed by atoms with Crippen molar-refractivity contribution in [2.24, 2.45) is 0 Å². The van der Waals surface area contributed by atoms with Gasteiger partial charge in [-0.25, -0.2) is 8.42 Å². The number of quaternary nitrogens is 1. The van der Waals surface area contributed by atoms with Crippen molar-refractivity contribution in [2.45, 2.75) is 11.4 Å². The summed E-state index contributed by atoms with van der Waals surface area (Å²) in [6, 6.07) is 16.4. The molecule has 3 rings (SSSR count). The van der Waals surface area contributed by atoms with Gasteiger partial charge in [0.25, 0.3) is 15.9 Å². The molecule has 1 N–H and O–H groups in total. The average Bonchev–Trinajstić information content (AvgIpc) is 2.74. The summed E-state index contributed by atoms with van der Waals surface area (Å²) in [5.41, 5.74) is 1.66. The van der Waals surface area contributed by atoms with E-state index in [1.54, 1.807) is 17.0 Å². The van der Waals surface area contributed by atoms with E-state index in [0.717, 1.165) is 24.1 Å². The lowest BCUT2D eigenvalue weighted by Crippen LogP contribution is -3.13. The van der Waals surface area contributed by atoms with Gasteiger partial charge in [-0.05, 0) is 18.2 Å². The zero-order valence-corrected chi connectivity index (χ0v) is 17.0. The summed E-state index contributed by atoms with van der Waals surface area (Å²) >= 11 is 0. The Labute approximate surface area is 166 Å². The molecule has 0 bridgehead atoms. The number of nitrogens with one attached hydrogen (secondary N) is 1. The summed E-state index contributed by atoms with van der Waals surface area (Å²) in [4.78, 5) is 20.9. The van der Waals surface area contributed by atoms with Crippen molar-refractivity contribution in [1.29, 1.82) is 0 Å². The molecular formula is C20H26N3O4S+. The fourth-order valence-electron chi connectivity index (χ4n) is 3.31. The van der Waals surface area contributed by atoms with Gasteiger partial charge < -0.3 is 9.80 Å². The Bertz CT molecular complexity index is 910. The highest BCUT2D eigenvalue weighted by Crippen LogP contribution is 2.17. The number of benzene rings is 2. The Balaban J connectivity index is 1.65. The summed E-state index contributed by atoms with van der Waals surface area (Å²) in [5.74, 6) is -0.143. The van der Waals surface area contributed by atoms with Gasteiger partial charge in [-0.15, -0.1) is 0 Å². The molecule has 8 heteroatoms. The predicted molar refractivity (Wildman–Crippen MR) is 105 cm³/mol. The summed E-state index contributed by atoms with van der Waals surface area (Å²) in [5, 5.41) is 0. The maximum absolute atomic E-state index is 12.9. The second-order valence-electron chi connectivity index (χ2n) is 6.83. The highest BCUT2D eigenvalue weighted by molar-refractivity contribution is 7.89. The van der Waals surface area contributed by atoms with Crippen molar-refractivity contribution in [2.75, 3.05) is 40.3 Å². The van der Waals surface area contributed by atoms with E-state index in [-0.39, 0.29) is 10.8 Å². The molecule has 0 saturated carbocycles. The smallest absolute Gasteiger partial charge is 0.264 e. The standard InChI is InChI=1S/C20H25N3O4S/c1-21(27-2)28(25,26)19-10-6-9-18(15-19)20(24)23-13-11-22(12-14-23)16-17-7-4-3-5-8-17/h3-10,15H,11-14,16H2,1-2H3/p+1. The van der Waals surface area contributed by atoms with Gasteiger partial charge in [0.2, 0.25) is 0 Å². The number of piperazine rings is 1. The van der Waals surface area contributed by atoms with Crippen molar-refractivity contribution >= 4 is 15.9 Å². The Morgan fingerprint density at radius 3 is 2.43 bits per heavy atom. The number of nitrogens with zero attached hydrogens (tertiary/aromatic N) is 2. The molecule has 0 aromatic heterocycles. The minimum absolute atomic E-state index is 0.0380. The van der Waals surface area contributed by atoms with Crippen LogP contribution in [0.25, 0.3) is 0 Å². The van der Waals surface area contributed by atoms with Crippen molar-refractivity contribution < 1.29 is 22.9 Å². The van der Waals surface area contributed by atoms with Crippen molar-refractivity contribution in [3.63, 3.8) is 0 Å². The van der Waals surface area contributed by atoms with Gasteiger partial charge >= 0.3 is 0 Å². The minimum Gasteiger partial charge on any atom is -0.328 e. The van der Waals surface area contributed by atoms with Crippen molar-refractivity contribution in [1.82, 2.24) is 9.37 Å². The topological polar surface area (TPSA) is 71.4 Å². The third kappa shape index (κ3) is 4.59. The second-order valence-corrected chi connectivity index (χ2v) is 8.77. The van der Waals surface area contributed by atoms with Crippen LogP contribution in [0.15, 0.2) is 59.5 Å². The number of hydroxylamine groups is 1. The van der Waals surface area contributed by atoms with Crippen LogP contribution < -0.4 is 4.90 Å². The fourth-order valence-corrected chi connectivity index (χ4v) is 4.33. The van der Waals surface area contributed by atoms with Gasteiger partial charge in [-0.3, -0.25) is 9.63 Å². The van der Waals surface area contributed by atoms with E-state index in [1.165, 1.54) is 36.8 Å². The first-order valence-corrected chi connectivity index (χ1v) is 10.7. The summed E-state index contributed by atoms with van der Waals surface area (Å²) in [6.45, 7) is 3.97. The van der Waals surface area contributed by atoms with E-state index in [4.69, 9.17) is 4.84 Å². The summed E-state index contributed by atoms with van der Waals surface area (Å²) in [7, 11) is -1.18. The molecule has 0 aliphatic carbocycles. The van der Waals surface area contributed by atoms with Gasteiger partial charge in [0, 0.05) is 18.2 Å². The predicted octanol–water partition coefficient (Wildman–Crippen LogP) is 0.409. The number of carbonyl (C=O) groups excluding carboxylic acids is 1. The van der Waals surface area contributed by atoms with Crippen LogP contribution in [0.1, 0.15) is 15.9 Å². The Kier molecular flexibility index (Phi) is 6.46. The van der Waals surface area contributed by atoms with Crippen LogP contribution in [0.3, 0.4) is 0 Å². The van der Waals surface area contributed by atoms with E-state index >= 15 is 0 Å². The van der Waals surface area contributed by atoms with E-state index in [9.17, 15) is 13.2 Å². The number of hydrogen-bond donors (Lipinski definition) is 1. The Morgan fingerprint density at radius 2 is 1.79 bits per heavy atom. The number of amides is 1. The van der Waals surface area contributed by atoms with Crippen LogP contribution in [0.5, 0.6) is 0 Å². The largest absolute Gasteiger partial charge is 0.328 e. The van der Waals surface area contributed by atoms with E-state index in [2.05, 4.69) is 12.1 Å². The van der Waals surface area contributed by atoms with E-state index < -0.39 is 10.0 Å². The normalized spacial score (nSPS) is 15.8. The van der Waals surface area contributed by atoms with Crippen LogP contribution in [0.2, 0.25) is 0 Å². The molecule has 0 atom stereocenters. The molecule has 1 amide bonds. The van der Waals surface area contributed by atoms with Crippen LogP contribution in [-0.4, -0.2) is 64.0 Å². The highest BCUT2D eigenvalue weighted by Gasteiger charge is 2.26. The highest BCUT2D eigenvalue weighted by atomic mass is 32.2. The lowest BCUT2D eigenvalue weighted by atomic mass is 10.1. The van der Waals surface area contributed by atoms with Gasteiger partial charge in [-0.2, -0.15) is 0 Å². The number of carbonyl (C=O) groups is 1. The molecule has 1 fully saturated rings. The monoisotopic (exact) mass is 404 g/mol. The first kappa shape index (κ1) is 20.5. The number of hydrogen-bond acceptors (Lipinski definition) is 4. The van der Waals surface area contributed by atoms with Crippen LogP contribution in [0, 0.1) is 0 Å². The summed E-state index contributed by atoms with van der Waals surface area (Å²) < 4.78 is 25.6. The quantitative estimate of drug-likeness (QED) is 0.708. The molecule has 1 heterocycles. The molecule has 2 aromatic carbocycles. The first-order chi connectivity index (χ1) is 13.4. The van der Waals surface area contributed by atoms with Crippen molar-refractivity contribution in [3.8, 4) is 0 Å². The molecule has 7 nitrogen and oxygen atoms in total. The molecule has 150 valence electrons. The van der Waals surface area contributed by atoms with E-state index in [1.807, 2.05) is 18.2 Å². The van der Waals surface area contributed by atoms with E-state index in [0.29, 0.717) is 18.7 Å². The zero-order valence-electron chi connectivity index (χ0n) is 16.2. The van der Waals surface area contributed by atoms with Crippen molar-refractivity contribution in [3.05, 3.63) is 65.7 Å². The average molecular weight is 405 g/mol. The fraction of sp³-hybridized carbons (Fsp3) is 0.350. The van der Waals surface area contributed by atoms with Crippen LogP contribution >= 0.6 is 0 Å². The SMILES string of the molecule is CON(C)S(=O)(=O)c1cccc(C(=O)N2CC[NH+](Cc3ccccc3)CC2)c1. The molecule has 0 radical (unpaired) electrons. The van der Waals surface area contributed by atoms with Crippen LogP contribution in [-0.2, 0) is 21.4 Å². The minimum atomic E-state index is -3.78. The molecule has 28 heavy (non-hydrogen) atoms. The molecule has 2 aromatic rings. The third-order valence-electron chi connectivity index (χ3n) is 5.03. The lowest BCUT2D eigenvalue weighted by Gasteiger charge is -2.32. The van der Waals surface area contributed by atoms with Gasteiger partial charge in [-0.1, -0.05) is 40.9 Å². The second kappa shape index (κ2) is 8.83. The Morgan fingerprint density at radius 1 is 1.11 bits per heavy atom. The third-order valence-corrected chi connectivity index (χ3v) is 6.70. The maximum Gasteiger partial charge on any atom is 0.264 e. The van der Waals surface area contributed by atoms with Gasteiger partial charge in [0.1, 0.15) is 6.54 Å². The molecule has 1 aliphatic heterocycles. The number of sulfonamides is 1. The first-order valence-electron chi connectivity index (χ1n) is 9.21. The number of rotatable bonds is 6. The zero-order chi connectivity index (χ0) is 20.1.